The minimum atomic E-state index is -4.29. The summed E-state index contributed by atoms with van der Waals surface area (Å²) in [6.07, 6.45) is 0.954. The zero-order valence-corrected chi connectivity index (χ0v) is 26.1. The Bertz CT molecular complexity index is 1640. The van der Waals surface area contributed by atoms with Crippen LogP contribution in [0.2, 0.25) is 0 Å². The predicted molar refractivity (Wildman–Crippen MR) is 171 cm³/mol. The number of amides is 2. The summed E-state index contributed by atoms with van der Waals surface area (Å²) in [6, 6.07) is 27.4. The molecule has 1 N–H and O–H groups in total. The van der Waals surface area contributed by atoms with Crippen molar-refractivity contribution < 1.29 is 22.4 Å². The van der Waals surface area contributed by atoms with Gasteiger partial charge in [-0.25, -0.2) is 12.8 Å². The molecule has 44 heavy (non-hydrogen) atoms. The first-order chi connectivity index (χ1) is 21.1. The van der Waals surface area contributed by atoms with Crippen LogP contribution in [0.5, 0.6) is 0 Å². The van der Waals surface area contributed by atoms with Crippen LogP contribution in [0.15, 0.2) is 108 Å². The van der Waals surface area contributed by atoms with Crippen molar-refractivity contribution in [2.24, 2.45) is 0 Å². The molecular weight excluding hydrogens is 577 g/mol. The van der Waals surface area contributed by atoms with Gasteiger partial charge in [-0.15, -0.1) is 0 Å². The van der Waals surface area contributed by atoms with Crippen molar-refractivity contribution in [3.05, 3.63) is 131 Å². The highest BCUT2D eigenvalue weighted by Crippen LogP contribution is 2.26. The van der Waals surface area contributed by atoms with Crippen LogP contribution >= 0.6 is 0 Å². The van der Waals surface area contributed by atoms with Crippen LogP contribution in [0.1, 0.15) is 35.6 Å². The minimum absolute atomic E-state index is 0.0918. The number of hydrogen-bond acceptors (Lipinski definition) is 4. The quantitative estimate of drug-likeness (QED) is 0.206. The lowest BCUT2D eigenvalue weighted by atomic mass is 10.0. The maximum Gasteiger partial charge on any atom is 0.264 e. The Labute approximate surface area is 259 Å². The molecule has 0 radical (unpaired) electrons. The molecule has 4 aromatic carbocycles. The van der Waals surface area contributed by atoms with Crippen LogP contribution in [-0.4, -0.2) is 44.3 Å². The average molecular weight is 616 g/mol. The van der Waals surface area contributed by atoms with Crippen LogP contribution in [0.3, 0.4) is 0 Å². The Kier molecular flexibility index (Phi) is 10.9. The van der Waals surface area contributed by atoms with Crippen molar-refractivity contribution in [2.75, 3.05) is 17.4 Å². The Morgan fingerprint density at radius 2 is 1.39 bits per heavy atom. The van der Waals surface area contributed by atoms with Crippen molar-refractivity contribution in [1.29, 1.82) is 0 Å². The molecule has 0 aromatic heterocycles. The van der Waals surface area contributed by atoms with Gasteiger partial charge in [0.15, 0.2) is 0 Å². The van der Waals surface area contributed by atoms with Gasteiger partial charge in [0, 0.05) is 19.5 Å². The number of anilines is 1. The largest absolute Gasteiger partial charge is 0.354 e. The van der Waals surface area contributed by atoms with E-state index in [-0.39, 0.29) is 29.5 Å². The van der Waals surface area contributed by atoms with Gasteiger partial charge >= 0.3 is 0 Å². The first kappa shape index (κ1) is 32.4. The second-order valence-electron chi connectivity index (χ2n) is 10.8. The van der Waals surface area contributed by atoms with Gasteiger partial charge in [-0.1, -0.05) is 84.8 Å². The molecule has 7 nitrogen and oxygen atoms in total. The lowest BCUT2D eigenvalue weighted by Crippen LogP contribution is -2.53. The third-order valence-electron chi connectivity index (χ3n) is 7.30. The molecule has 2 amide bonds. The van der Waals surface area contributed by atoms with Crippen LogP contribution in [0, 0.1) is 19.7 Å². The minimum Gasteiger partial charge on any atom is -0.354 e. The summed E-state index contributed by atoms with van der Waals surface area (Å²) in [5.41, 5.74) is 3.90. The van der Waals surface area contributed by atoms with Gasteiger partial charge in [-0.2, -0.15) is 0 Å². The molecule has 0 bridgehead atoms. The van der Waals surface area contributed by atoms with Crippen molar-refractivity contribution in [3.8, 4) is 0 Å². The highest BCUT2D eigenvalue weighted by Gasteiger charge is 2.34. The fourth-order valence-corrected chi connectivity index (χ4v) is 6.20. The zero-order chi connectivity index (χ0) is 31.7. The van der Waals surface area contributed by atoms with E-state index in [4.69, 9.17) is 0 Å². The van der Waals surface area contributed by atoms with Gasteiger partial charge in [0.2, 0.25) is 11.8 Å². The Balaban J connectivity index is 1.78. The molecule has 0 aliphatic rings. The molecule has 0 saturated heterocycles. The summed E-state index contributed by atoms with van der Waals surface area (Å²) in [5.74, 6) is -1.45. The van der Waals surface area contributed by atoms with Gasteiger partial charge in [-0.05, 0) is 67.8 Å². The van der Waals surface area contributed by atoms with E-state index >= 15 is 0 Å². The van der Waals surface area contributed by atoms with E-state index in [9.17, 15) is 22.4 Å². The number of carbonyl (C=O) groups is 2. The topological polar surface area (TPSA) is 86.8 Å². The molecule has 0 saturated carbocycles. The molecule has 0 aliphatic heterocycles. The second-order valence-corrected chi connectivity index (χ2v) is 12.7. The number of rotatable bonds is 13. The Morgan fingerprint density at radius 3 is 1.98 bits per heavy atom. The van der Waals surface area contributed by atoms with E-state index in [1.165, 1.54) is 17.0 Å². The molecule has 0 spiro atoms. The number of aryl methyl sites for hydroxylation is 2. The molecule has 0 heterocycles. The van der Waals surface area contributed by atoms with E-state index < -0.39 is 34.3 Å². The lowest BCUT2D eigenvalue weighted by Gasteiger charge is -2.34. The van der Waals surface area contributed by atoms with Gasteiger partial charge in [-0.3, -0.25) is 13.9 Å². The van der Waals surface area contributed by atoms with E-state index in [1.54, 1.807) is 24.3 Å². The molecule has 1 atom stereocenters. The normalized spacial score (nSPS) is 11.9. The third-order valence-corrected chi connectivity index (χ3v) is 9.08. The number of carbonyl (C=O) groups excluding carboxylic acids is 2. The SMILES string of the molecule is CCCNC(=O)C(Cc1ccccc1)N(Cc1ccc(C)cc1)C(=O)CN(c1ccc(C)cc1)S(=O)(=O)c1ccc(F)cc1. The van der Waals surface area contributed by atoms with E-state index in [0.717, 1.165) is 38.7 Å². The van der Waals surface area contributed by atoms with Crippen molar-refractivity contribution >= 4 is 27.5 Å². The summed E-state index contributed by atoms with van der Waals surface area (Å²) in [7, 11) is -4.29. The number of nitrogens with zero attached hydrogens (tertiary/aromatic N) is 2. The fourth-order valence-electron chi connectivity index (χ4n) is 4.78. The third kappa shape index (κ3) is 8.32. The van der Waals surface area contributed by atoms with Gasteiger partial charge in [0.05, 0.1) is 10.6 Å². The second kappa shape index (κ2) is 14.8. The number of hydrogen-bond donors (Lipinski definition) is 1. The van der Waals surface area contributed by atoms with Crippen LogP contribution in [-0.2, 0) is 32.6 Å². The Morgan fingerprint density at radius 1 is 0.795 bits per heavy atom. The van der Waals surface area contributed by atoms with Gasteiger partial charge < -0.3 is 10.2 Å². The van der Waals surface area contributed by atoms with Gasteiger partial charge in [0.1, 0.15) is 18.4 Å². The number of nitrogens with one attached hydrogen (secondary N) is 1. The molecule has 4 aromatic rings. The van der Waals surface area contributed by atoms with Gasteiger partial charge in [0.25, 0.3) is 10.0 Å². The van der Waals surface area contributed by atoms with Crippen LogP contribution in [0.4, 0.5) is 10.1 Å². The molecule has 4 rings (SSSR count). The predicted octanol–water partition coefficient (Wildman–Crippen LogP) is 5.80. The first-order valence-electron chi connectivity index (χ1n) is 14.6. The highest BCUT2D eigenvalue weighted by atomic mass is 32.2. The molecule has 1 unspecified atom stereocenters. The number of sulfonamides is 1. The molecular formula is C35H38FN3O4S. The summed E-state index contributed by atoms with van der Waals surface area (Å²) in [5, 5.41) is 2.94. The molecule has 9 heteroatoms. The zero-order valence-electron chi connectivity index (χ0n) is 25.2. The lowest BCUT2D eigenvalue weighted by molar-refractivity contribution is -0.140. The van der Waals surface area contributed by atoms with Crippen molar-refractivity contribution in [1.82, 2.24) is 10.2 Å². The molecule has 230 valence electrons. The summed E-state index contributed by atoms with van der Waals surface area (Å²) in [4.78, 5) is 29.4. The summed E-state index contributed by atoms with van der Waals surface area (Å²) >= 11 is 0. The van der Waals surface area contributed by atoms with Crippen LogP contribution in [0.25, 0.3) is 0 Å². The molecule has 0 fully saturated rings. The van der Waals surface area contributed by atoms with E-state index in [2.05, 4.69) is 5.32 Å². The van der Waals surface area contributed by atoms with Crippen molar-refractivity contribution in [3.63, 3.8) is 0 Å². The monoisotopic (exact) mass is 615 g/mol. The standard InChI is InChI=1S/C35H38FN3O4S/c1-4-22-37-35(41)33(23-28-8-6-5-7-9-28)38(24-29-14-10-26(2)11-15-29)34(40)25-39(31-18-12-27(3)13-19-31)44(42,43)32-20-16-30(36)17-21-32/h5-21,33H,4,22-25H2,1-3H3,(H,37,41). The fraction of sp³-hybridized carbons (Fsp3) is 0.257. The summed E-state index contributed by atoms with van der Waals surface area (Å²) in [6.45, 7) is 5.74. The Hall–Kier alpha value is -4.50. The van der Waals surface area contributed by atoms with E-state index in [1.807, 2.05) is 75.4 Å². The average Bonchev–Trinajstić information content (AvgIpc) is 3.02. The number of halogens is 1. The van der Waals surface area contributed by atoms with E-state index in [0.29, 0.717) is 13.0 Å². The van der Waals surface area contributed by atoms with Crippen molar-refractivity contribution in [2.45, 2.75) is 51.1 Å². The maximum atomic E-state index is 14.4. The smallest absolute Gasteiger partial charge is 0.264 e. The first-order valence-corrected chi connectivity index (χ1v) is 16.0. The molecule has 0 aliphatic carbocycles. The summed E-state index contributed by atoms with van der Waals surface area (Å²) < 4.78 is 42.7. The maximum absolute atomic E-state index is 14.4. The van der Waals surface area contributed by atoms with Crippen LogP contribution < -0.4 is 9.62 Å². The highest BCUT2D eigenvalue weighted by molar-refractivity contribution is 7.92. The number of benzene rings is 4.